The van der Waals surface area contributed by atoms with Crippen LogP contribution in [0.5, 0.6) is 11.5 Å². The molecule has 0 bridgehead atoms. The van der Waals surface area contributed by atoms with Crippen molar-refractivity contribution in [1.82, 2.24) is 4.98 Å². The lowest BCUT2D eigenvalue weighted by molar-refractivity contribution is 0.474. The van der Waals surface area contributed by atoms with Crippen molar-refractivity contribution in [3.05, 3.63) is 52.3 Å². The maximum atomic E-state index is 6.27. The zero-order chi connectivity index (χ0) is 15.6. The second-order valence-electron chi connectivity index (χ2n) is 5.13. The standard InChI is InChI=1S/C16H17ClN2OS/c1-9(2)12-7-14(10(3)6-13(12)17)20-15-8-19-5-4-11(15)16(18)21/h4-9H,1-3H3,(H2,18,21). The van der Waals surface area contributed by atoms with Gasteiger partial charge in [-0.25, -0.2) is 0 Å². The molecule has 2 N–H and O–H groups in total. The Hall–Kier alpha value is -1.65. The second kappa shape index (κ2) is 6.41. The van der Waals surface area contributed by atoms with Gasteiger partial charge in [0.25, 0.3) is 0 Å². The molecule has 5 heteroatoms. The van der Waals surface area contributed by atoms with E-state index in [4.69, 9.17) is 34.3 Å². The minimum Gasteiger partial charge on any atom is -0.455 e. The van der Waals surface area contributed by atoms with Gasteiger partial charge in [-0.3, -0.25) is 4.98 Å². The number of pyridine rings is 1. The Kier molecular flexibility index (Phi) is 4.80. The SMILES string of the molecule is Cc1cc(Cl)c(C(C)C)cc1Oc1cnccc1C(N)=S. The third-order valence-corrected chi connectivity index (χ3v) is 3.73. The van der Waals surface area contributed by atoms with Gasteiger partial charge in [0.05, 0.1) is 11.8 Å². The molecule has 1 aromatic heterocycles. The summed E-state index contributed by atoms with van der Waals surface area (Å²) in [4.78, 5) is 4.34. The van der Waals surface area contributed by atoms with E-state index in [-0.39, 0.29) is 4.99 Å². The molecule has 0 aliphatic heterocycles. The zero-order valence-electron chi connectivity index (χ0n) is 12.2. The van der Waals surface area contributed by atoms with Gasteiger partial charge in [0.1, 0.15) is 10.7 Å². The summed E-state index contributed by atoms with van der Waals surface area (Å²) >= 11 is 11.3. The van der Waals surface area contributed by atoms with Crippen molar-refractivity contribution in [3.63, 3.8) is 0 Å². The van der Waals surface area contributed by atoms with E-state index < -0.39 is 0 Å². The first-order chi connectivity index (χ1) is 9.90. The van der Waals surface area contributed by atoms with Crippen LogP contribution in [0, 0.1) is 6.92 Å². The van der Waals surface area contributed by atoms with Crippen LogP contribution in [0.15, 0.2) is 30.6 Å². The van der Waals surface area contributed by atoms with E-state index in [9.17, 15) is 0 Å². The average Bonchev–Trinajstić information content (AvgIpc) is 2.41. The minimum absolute atomic E-state index is 0.281. The van der Waals surface area contributed by atoms with E-state index in [0.29, 0.717) is 17.2 Å². The monoisotopic (exact) mass is 320 g/mol. The summed E-state index contributed by atoms with van der Waals surface area (Å²) in [6.45, 7) is 6.12. The van der Waals surface area contributed by atoms with Crippen LogP contribution < -0.4 is 10.5 Å². The van der Waals surface area contributed by atoms with Crippen molar-refractivity contribution in [1.29, 1.82) is 0 Å². The molecule has 0 saturated heterocycles. The number of hydrogen-bond donors (Lipinski definition) is 1. The summed E-state index contributed by atoms with van der Waals surface area (Å²) in [7, 11) is 0. The summed E-state index contributed by atoms with van der Waals surface area (Å²) in [5, 5.41) is 0.746. The number of rotatable bonds is 4. The van der Waals surface area contributed by atoms with E-state index in [0.717, 1.165) is 21.9 Å². The first-order valence-electron chi connectivity index (χ1n) is 6.62. The summed E-state index contributed by atoms with van der Waals surface area (Å²) < 4.78 is 5.96. The fourth-order valence-corrected chi connectivity index (χ4v) is 2.61. The molecule has 3 nitrogen and oxygen atoms in total. The maximum absolute atomic E-state index is 6.27. The molecule has 0 fully saturated rings. The topological polar surface area (TPSA) is 48.1 Å². The number of nitrogens with two attached hydrogens (primary N) is 1. The third-order valence-electron chi connectivity index (χ3n) is 3.19. The van der Waals surface area contributed by atoms with Crippen LogP contribution in [-0.4, -0.2) is 9.97 Å². The summed E-state index contributed by atoms with van der Waals surface area (Å²) in [5.74, 6) is 1.59. The lowest BCUT2D eigenvalue weighted by Crippen LogP contribution is -2.11. The molecule has 0 aliphatic carbocycles. The van der Waals surface area contributed by atoms with E-state index in [1.165, 1.54) is 0 Å². The Bertz CT molecular complexity index is 686. The lowest BCUT2D eigenvalue weighted by atomic mass is 10.0. The number of aryl methyl sites for hydroxylation is 1. The van der Waals surface area contributed by atoms with Crippen molar-refractivity contribution >= 4 is 28.8 Å². The molecule has 21 heavy (non-hydrogen) atoms. The highest BCUT2D eigenvalue weighted by Gasteiger charge is 2.13. The zero-order valence-corrected chi connectivity index (χ0v) is 13.8. The Morgan fingerprint density at radius 3 is 2.67 bits per heavy atom. The van der Waals surface area contributed by atoms with Crippen molar-refractivity contribution < 1.29 is 4.74 Å². The normalized spacial score (nSPS) is 10.7. The fourth-order valence-electron chi connectivity index (χ4n) is 2.00. The van der Waals surface area contributed by atoms with Crippen LogP contribution in [0.3, 0.4) is 0 Å². The minimum atomic E-state index is 0.281. The molecule has 0 amide bonds. The van der Waals surface area contributed by atoms with E-state index in [1.807, 2.05) is 19.1 Å². The molecule has 0 unspecified atom stereocenters. The molecule has 0 radical (unpaired) electrons. The third kappa shape index (κ3) is 3.52. The molecule has 0 atom stereocenters. The molecule has 1 heterocycles. The number of thiocarbonyl (C=S) groups is 1. The van der Waals surface area contributed by atoms with Crippen molar-refractivity contribution in [2.45, 2.75) is 26.7 Å². The lowest BCUT2D eigenvalue weighted by Gasteiger charge is -2.15. The molecule has 1 aromatic carbocycles. The number of halogens is 1. The van der Waals surface area contributed by atoms with Crippen LogP contribution in [0.4, 0.5) is 0 Å². The number of aromatic nitrogens is 1. The maximum Gasteiger partial charge on any atom is 0.155 e. The van der Waals surface area contributed by atoms with Gasteiger partial charge >= 0.3 is 0 Å². The van der Waals surface area contributed by atoms with Gasteiger partial charge < -0.3 is 10.5 Å². The van der Waals surface area contributed by atoms with Crippen LogP contribution in [-0.2, 0) is 0 Å². The molecule has 0 spiro atoms. The predicted molar refractivity (Wildman–Crippen MR) is 90.5 cm³/mol. The molecule has 0 aliphatic rings. The summed E-state index contributed by atoms with van der Waals surface area (Å²) in [6, 6.07) is 5.61. The summed E-state index contributed by atoms with van der Waals surface area (Å²) in [5.41, 5.74) is 8.36. The van der Waals surface area contributed by atoms with E-state index in [2.05, 4.69) is 18.8 Å². The van der Waals surface area contributed by atoms with Gasteiger partial charge in [0.15, 0.2) is 5.75 Å². The molecule has 2 aromatic rings. The quantitative estimate of drug-likeness (QED) is 0.837. The fraction of sp³-hybridized carbons (Fsp3) is 0.250. The first kappa shape index (κ1) is 15.7. The molecule has 110 valence electrons. The molecule has 2 rings (SSSR count). The van der Waals surface area contributed by atoms with Gasteiger partial charge in [-0.1, -0.05) is 37.7 Å². The molecule has 0 saturated carbocycles. The van der Waals surface area contributed by atoms with Crippen LogP contribution in [0.25, 0.3) is 0 Å². The Morgan fingerprint density at radius 2 is 2.05 bits per heavy atom. The number of hydrogen-bond acceptors (Lipinski definition) is 3. The van der Waals surface area contributed by atoms with Crippen LogP contribution in [0.2, 0.25) is 5.02 Å². The van der Waals surface area contributed by atoms with Crippen LogP contribution >= 0.6 is 23.8 Å². The van der Waals surface area contributed by atoms with Gasteiger partial charge in [-0.2, -0.15) is 0 Å². The Morgan fingerprint density at radius 1 is 1.33 bits per heavy atom. The average molecular weight is 321 g/mol. The van der Waals surface area contributed by atoms with Crippen LogP contribution in [0.1, 0.15) is 36.5 Å². The highest BCUT2D eigenvalue weighted by Crippen LogP contribution is 2.34. The Labute approximate surface area is 135 Å². The van der Waals surface area contributed by atoms with Gasteiger partial charge in [0.2, 0.25) is 0 Å². The van der Waals surface area contributed by atoms with E-state index >= 15 is 0 Å². The second-order valence-corrected chi connectivity index (χ2v) is 5.98. The van der Waals surface area contributed by atoms with Crippen molar-refractivity contribution in [3.8, 4) is 11.5 Å². The largest absolute Gasteiger partial charge is 0.455 e. The predicted octanol–water partition coefficient (Wildman–Crippen LogP) is 4.59. The van der Waals surface area contributed by atoms with Crippen molar-refractivity contribution in [2.75, 3.05) is 0 Å². The van der Waals surface area contributed by atoms with E-state index in [1.54, 1.807) is 18.5 Å². The first-order valence-corrected chi connectivity index (χ1v) is 7.40. The number of nitrogens with zero attached hydrogens (tertiary/aromatic N) is 1. The summed E-state index contributed by atoms with van der Waals surface area (Å²) in [6.07, 6.45) is 3.24. The highest BCUT2D eigenvalue weighted by molar-refractivity contribution is 7.80. The number of benzene rings is 1. The van der Waals surface area contributed by atoms with Gasteiger partial charge in [0, 0.05) is 11.2 Å². The highest BCUT2D eigenvalue weighted by atomic mass is 35.5. The van der Waals surface area contributed by atoms with Gasteiger partial charge in [-0.05, 0) is 42.2 Å². The Balaban J connectivity index is 2.45. The van der Waals surface area contributed by atoms with Crippen molar-refractivity contribution in [2.24, 2.45) is 5.73 Å². The number of ether oxygens (including phenoxy) is 1. The molecular weight excluding hydrogens is 304 g/mol. The molecular formula is C16H17ClN2OS. The smallest absolute Gasteiger partial charge is 0.155 e. The van der Waals surface area contributed by atoms with Gasteiger partial charge in [-0.15, -0.1) is 0 Å².